The maximum Gasteiger partial charge on any atom is 0.338 e. The van der Waals surface area contributed by atoms with E-state index < -0.39 is 57.5 Å². The molecule has 0 spiro atoms. The third-order valence-corrected chi connectivity index (χ3v) is 11.3. The number of hydrogen-bond acceptors (Lipinski definition) is 11. The number of hydrogen-bond donors (Lipinski definition) is 0. The number of carbonyl (C=O) groups is 3. The summed E-state index contributed by atoms with van der Waals surface area (Å²) in [6.45, 7) is -0.660. The normalized spacial score (nSPS) is 13.0. The van der Waals surface area contributed by atoms with Gasteiger partial charge in [-0.05, 0) is 47.5 Å². The van der Waals surface area contributed by atoms with Crippen molar-refractivity contribution < 1.29 is 41.2 Å². The van der Waals surface area contributed by atoms with Crippen molar-refractivity contribution in [2.75, 3.05) is 12.9 Å². The summed E-state index contributed by atoms with van der Waals surface area (Å²) in [6, 6.07) is 43.8. The molecule has 0 aromatic heterocycles. The maximum atomic E-state index is 13.9. The van der Waals surface area contributed by atoms with Crippen LogP contribution in [0.1, 0.15) is 42.2 Å². The second kappa shape index (κ2) is 19.8. The van der Waals surface area contributed by atoms with Crippen LogP contribution in [0.2, 0.25) is 0 Å². The van der Waals surface area contributed by atoms with Crippen LogP contribution in [0.4, 0.5) is 0 Å². The minimum Gasteiger partial charge on any atom is -0.459 e. The van der Waals surface area contributed by atoms with Gasteiger partial charge < -0.3 is 14.2 Å². The Kier molecular flexibility index (Phi) is 14.7. The Morgan fingerprint density at radius 1 is 0.528 bits per heavy atom. The van der Waals surface area contributed by atoms with Crippen LogP contribution in [-0.4, -0.2) is 62.1 Å². The molecule has 274 valence electrons. The third-order valence-electron chi connectivity index (χ3n) is 7.66. The largest absolute Gasteiger partial charge is 0.459 e. The third kappa shape index (κ3) is 12.6. The summed E-state index contributed by atoms with van der Waals surface area (Å²) in [5, 5.41) is 0. The molecule has 0 amide bonds. The number of thioether (sulfide) groups is 2. The molecule has 3 atom stereocenters. The summed E-state index contributed by atoms with van der Waals surface area (Å²) in [5.41, 5.74) is 2.56. The Hall–Kier alpha value is -4.88. The molecule has 12 heteroatoms. The molecule has 0 bridgehead atoms. The van der Waals surface area contributed by atoms with E-state index in [9.17, 15) is 22.8 Å². The fraction of sp³-hybridized carbons (Fsp3) is 0.195. The number of benzene rings is 5. The molecule has 5 aromatic rings. The van der Waals surface area contributed by atoms with Crippen LogP contribution in [0.3, 0.4) is 0 Å². The Morgan fingerprint density at radius 2 is 0.887 bits per heavy atom. The van der Waals surface area contributed by atoms with Crippen molar-refractivity contribution in [1.82, 2.24) is 0 Å². The molecule has 0 unspecified atom stereocenters. The fourth-order valence-electron chi connectivity index (χ4n) is 5.12. The van der Waals surface area contributed by atoms with E-state index in [1.807, 2.05) is 60.7 Å². The molecule has 0 saturated heterocycles. The van der Waals surface area contributed by atoms with Crippen molar-refractivity contribution in [3.05, 3.63) is 179 Å². The number of rotatable bonds is 18. The molecule has 0 N–H and O–H groups in total. The number of ether oxygens (including phenoxy) is 3. The topological polar surface area (TPSA) is 122 Å². The quantitative estimate of drug-likeness (QED) is 0.0375. The first kappa shape index (κ1) is 39.3. The summed E-state index contributed by atoms with van der Waals surface area (Å²) in [7, 11) is -4.27. The van der Waals surface area contributed by atoms with Gasteiger partial charge in [0.2, 0.25) is 0 Å². The van der Waals surface area contributed by atoms with E-state index in [4.69, 9.17) is 18.4 Å². The van der Waals surface area contributed by atoms with Crippen molar-refractivity contribution in [3.8, 4) is 0 Å². The van der Waals surface area contributed by atoms with Crippen LogP contribution in [-0.2, 0) is 40.0 Å². The first-order chi connectivity index (χ1) is 25.7. The van der Waals surface area contributed by atoms with E-state index in [1.165, 1.54) is 35.7 Å². The summed E-state index contributed by atoms with van der Waals surface area (Å²) in [5.74, 6) is -1.39. The van der Waals surface area contributed by atoms with Gasteiger partial charge in [-0.2, -0.15) is 8.42 Å². The molecule has 9 nitrogen and oxygen atoms in total. The van der Waals surface area contributed by atoms with Crippen molar-refractivity contribution in [2.24, 2.45) is 0 Å². The van der Waals surface area contributed by atoms with Crippen molar-refractivity contribution >= 4 is 51.5 Å². The molecule has 5 aromatic carbocycles. The Labute approximate surface area is 318 Å². The molecule has 53 heavy (non-hydrogen) atoms. The van der Waals surface area contributed by atoms with Crippen molar-refractivity contribution in [3.63, 3.8) is 0 Å². The van der Waals surface area contributed by atoms with Gasteiger partial charge in [-0.15, -0.1) is 23.5 Å². The summed E-state index contributed by atoms with van der Waals surface area (Å²) >= 11 is 2.86. The molecule has 0 aliphatic heterocycles. The highest BCUT2D eigenvalue weighted by molar-refractivity contribution is 8.16. The predicted molar refractivity (Wildman–Crippen MR) is 207 cm³/mol. The summed E-state index contributed by atoms with van der Waals surface area (Å²) < 4.78 is 48.6. The molecule has 0 heterocycles. The highest BCUT2D eigenvalue weighted by Gasteiger charge is 2.44. The summed E-state index contributed by atoms with van der Waals surface area (Å²) in [4.78, 5) is 40.9. The molecule has 0 saturated carbocycles. The Morgan fingerprint density at radius 3 is 1.28 bits per heavy atom. The average molecular weight is 771 g/mol. The van der Waals surface area contributed by atoms with Gasteiger partial charge in [0, 0.05) is 11.5 Å². The second-order valence-corrected chi connectivity index (χ2v) is 15.9. The molecule has 0 fully saturated rings. The highest BCUT2D eigenvalue weighted by Crippen LogP contribution is 2.37. The van der Waals surface area contributed by atoms with E-state index in [1.54, 1.807) is 78.9 Å². The highest BCUT2D eigenvalue weighted by atomic mass is 32.2. The zero-order valence-corrected chi connectivity index (χ0v) is 31.2. The molecule has 5 rings (SSSR count). The minimum absolute atomic E-state index is 0.162. The smallest absolute Gasteiger partial charge is 0.338 e. The zero-order valence-electron chi connectivity index (χ0n) is 28.8. The van der Waals surface area contributed by atoms with E-state index in [2.05, 4.69) is 0 Å². The van der Waals surface area contributed by atoms with E-state index in [-0.39, 0.29) is 16.7 Å². The Balaban J connectivity index is 1.60. The van der Waals surface area contributed by atoms with Gasteiger partial charge in [-0.3, -0.25) is 4.18 Å². The monoisotopic (exact) mass is 770 g/mol. The zero-order chi connectivity index (χ0) is 37.5. The number of esters is 3. The number of carbonyl (C=O) groups excluding carboxylic acids is 3. The second-order valence-electron chi connectivity index (χ2n) is 11.7. The van der Waals surface area contributed by atoms with Crippen LogP contribution in [0, 0.1) is 0 Å². The van der Waals surface area contributed by atoms with E-state index in [0.29, 0.717) is 11.5 Å². The molecule has 0 aliphatic rings. The lowest BCUT2D eigenvalue weighted by Crippen LogP contribution is -2.51. The van der Waals surface area contributed by atoms with E-state index in [0.717, 1.165) is 17.4 Å². The van der Waals surface area contributed by atoms with Gasteiger partial charge >= 0.3 is 17.9 Å². The average Bonchev–Trinajstić information content (AvgIpc) is 3.19. The maximum absolute atomic E-state index is 13.9. The van der Waals surface area contributed by atoms with Gasteiger partial charge in [0.25, 0.3) is 10.1 Å². The van der Waals surface area contributed by atoms with Gasteiger partial charge in [0.15, 0.2) is 18.3 Å². The molecular formula is C41H38O9S3. The molecular weight excluding hydrogens is 733 g/mol. The molecule has 0 radical (unpaired) electrons. The van der Waals surface area contributed by atoms with Crippen LogP contribution >= 0.6 is 23.5 Å². The van der Waals surface area contributed by atoms with Gasteiger partial charge in [0.05, 0.1) is 27.5 Å². The lowest BCUT2D eigenvalue weighted by Gasteiger charge is -2.36. The van der Waals surface area contributed by atoms with Gasteiger partial charge in [0.1, 0.15) is 6.61 Å². The van der Waals surface area contributed by atoms with Gasteiger partial charge in [-0.1, -0.05) is 115 Å². The van der Waals surface area contributed by atoms with Crippen LogP contribution in [0.15, 0.2) is 152 Å². The standard InChI is InChI=1S/C41H38O9S3/c1-53(45,46)50-35(27-47-38(42)32-21-11-4-12-22-32)36(48-39(43)33-23-13-5-14-24-33)37(49-40(44)34-25-15-6-16-26-34)41(51-28-30-17-7-2-8-18-30)52-29-31-19-9-3-10-20-31/h2-26,35-37,41H,27-29H2,1H3/t35-,36+,37+/m0/s1. The first-order valence-corrected chi connectivity index (χ1v) is 20.5. The SMILES string of the molecule is CS(=O)(=O)O[C@@H](COC(=O)c1ccccc1)[C@@H](OC(=O)c1ccccc1)[C@@H](OC(=O)c1ccccc1)C(SCc1ccccc1)SCc1ccccc1. The first-order valence-electron chi connectivity index (χ1n) is 16.6. The minimum atomic E-state index is -4.27. The predicted octanol–water partition coefficient (Wildman–Crippen LogP) is 7.83. The van der Waals surface area contributed by atoms with Crippen LogP contribution in [0.5, 0.6) is 0 Å². The lowest BCUT2D eigenvalue weighted by atomic mass is 10.1. The van der Waals surface area contributed by atoms with Crippen molar-refractivity contribution in [2.45, 2.75) is 34.4 Å². The summed E-state index contributed by atoms with van der Waals surface area (Å²) in [6.07, 6.45) is -3.72. The lowest BCUT2D eigenvalue weighted by molar-refractivity contribution is -0.0817. The molecule has 0 aliphatic carbocycles. The van der Waals surface area contributed by atoms with Crippen molar-refractivity contribution in [1.29, 1.82) is 0 Å². The van der Waals surface area contributed by atoms with Gasteiger partial charge in [-0.25, -0.2) is 14.4 Å². The Bertz CT molecular complexity index is 1960. The van der Waals surface area contributed by atoms with Crippen LogP contribution < -0.4 is 0 Å². The van der Waals surface area contributed by atoms with E-state index >= 15 is 0 Å². The fourth-order valence-corrected chi connectivity index (χ4v) is 8.43. The van der Waals surface area contributed by atoms with Crippen LogP contribution in [0.25, 0.3) is 0 Å².